The third kappa shape index (κ3) is 5.59. The van der Waals surface area contributed by atoms with E-state index in [-0.39, 0.29) is 0 Å². The molecule has 9 heavy (non-hydrogen) atoms. The van der Waals surface area contributed by atoms with Crippen LogP contribution in [0.15, 0.2) is 11.5 Å². The van der Waals surface area contributed by atoms with Crippen LogP contribution in [0, 0.1) is 0 Å². The summed E-state index contributed by atoms with van der Waals surface area (Å²) in [5.74, 6) is 0.911. The van der Waals surface area contributed by atoms with Gasteiger partial charge in [-0.3, -0.25) is 4.79 Å². The molecule has 0 aliphatic heterocycles. The van der Waals surface area contributed by atoms with Crippen molar-refractivity contribution < 1.29 is 4.79 Å². The number of nitrogens with one attached hydrogen (secondary N) is 1. The Kier molecular flexibility index (Phi) is 5.67. The monoisotopic (exact) mass is 145 g/mol. The molecular formula is C6H11NOS. The Labute approximate surface area is 59.7 Å². The molecule has 0 heterocycles. The zero-order chi connectivity index (χ0) is 7.11. The normalized spacial score (nSPS) is 9.00. The summed E-state index contributed by atoms with van der Waals surface area (Å²) in [6.07, 6.45) is 0.778. The second kappa shape index (κ2) is 5.85. The van der Waals surface area contributed by atoms with Gasteiger partial charge >= 0.3 is 0 Å². The molecule has 0 spiro atoms. The first-order chi connectivity index (χ1) is 4.31. The molecule has 0 unspecified atom stereocenters. The number of aldehydes is 1. The van der Waals surface area contributed by atoms with Crippen LogP contribution in [0.4, 0.5) is 0 Å². The number of hydrogen-bond donors (Lipinski definition) is 1. The van der Waals surface area contributed by atoms with Crippen molar-refractivity contribution in [1.82, 2.24) is 5.32 Å². The zero-order valence-electron chi connectivity index (χ0n) is 5.52. The average molecular weight is 145 g/mol. The van der Waals surface area contributed by atoms with Crippen LogP contribution in [-0.4, -0.2) is 25.6 Å². The Morgan fingerprint density at radius 1 is 1.89 bits per heavy atom. The van der Waals surface area contributed by atoms with E-state index < -0.39 is 0 Å². The standard InChI is InChI=1S/C6H11NOS/c1-6(5-8)9-4-3-7-2/h5,7H,1,3-4H2,2H3. The predicted molar refractivity (Wildman–Crippen MR) is 41.6 cm³/mol. The smallest absolute Gasteiger partial charge is 0.155 e. The summed E-state index contributed by atoms with van der Waals surface area (Å²) in [6, 6.07) is 0. The molecule has 0 aliphatic carbocycles. The highest BCUT2D eigenvalue weighted by molar-refractivity contribution is 8.03. The fourth-order valence-electron chi connectivity index (χ4n) is 0.318. The minimum absolute atomic E-state index is 0.602. The minimum atomic E-state index is 0.602. The second-order valence-electron chi connectivity index (χ2n) is 1.54. The molecule has 0 aromatic heterocycles. The van der Waals surface area contributed by atoms with Crippen molar-refractivity contribution in [1.29, 1.82) is 0 Å². The van der Waals surface area contributed by atoms with E-state index in [9.17, 15) is 4.79 Å². The van der Waals surface area contributed by atoms with Gasteiger partial charge in [-0.2, -0.15) is 0 Å². The van der Waals surface area contributed by atoms with Gasteiger partial charge in [0.15, 0.2) is 6.29 Å². The Bertz CT molecular complexity index is 103. The first-order valence-electron chi connectivity index (χ1n) is 2.72. The summed E-state index contributed by atoms with van der Waals surface area (Å²) in [5, 5.41) is 2.97. The number of rotatable bonds is 5. The lowest BCUT2D eigenvalue weighted by Gasteiger charge is -1.95. The predicted octanol–water partition coefficient (Wildman–Crippen LogP) is 0.652. The maximum absolute atomic E-state index is 9.96. The molecule has 1 N–H and O–H groups in total. The summed E-state index contributed by atoms with van der Waals surface area (Å²) in [7, 11) is 1.88. The van der Waals surface area contributed by atoms with Gasteiger partial charge in [-0.15, -0.1) is 11.8 Å². The van der Waals surface area contributed by atoms with Gasteiger partial charge in [0.05, 0.1) is 0 Å². The number of carbonyl (C=O) groups is 1. The SMILES string of the molecule is C=C(C=O)SCCNC. The van der Waals surface area contributed by atoms with Crippen molar-refractivity contribution in [3.05, 3.63) is 11.5 Å². The number of allylic oxidation sites excluding steroid dienone is 1. The van der Waals surface area contributed by atoms with Gasteiger partial charge in [-0.1, -0.05) is 6.58 Å². The van der Waals surface area contributed by atoms with Crippen molar-refractivity contribution in [3.8, 4) is 0 Å². The van der Waals surface area contributed by atoms with Gasteiger partial charge in [-0.05, 0) is 7.05 Å². The molecule has 0 amide bonds. The Balaban J connectivity index is 3.07. The van der Waals surface area contributed by atoms with Gasteiger partial charge < -0.3 is 5.32 Å². The highest BCUT2D eigenvalue weighted by atomic mass is 32.2. The van der Waals surface area contributed by atoms with Crippen molar-refractivity contribution in [2.24, 2.45) is 0 Å². The molecule has 52 valence electrons. The average Bonchev–Trinajstić information content (AvgIpc) is 1.89. The summed E-state index contributed by atoms with van der Waals surface area (Å²) < 4.78 is 0. The lowest BCUT2D eigenvalue weighted by Crippen LogP contribution is -2.09. The largest absolute Gasteiger partial charge is 0.319 e. The van der Waals surface area contributed by atoms with Crippen molar-refractivity contribution >= 4 is 18.0 Å². The van der Waals surface area contributed by atoms with Crippen molar-refractivity contribution in [2.45, 2.75) is 0 Å². The second-order valence-corrected chi connectivity index (χ2v) is 2.76. The van der Waals surface area contributed by atoms with E-state index in [1.54, 1.807) is 0 Å². The molecule has 0 aromatic rings. The van der Waals surface area contributed by atoms with Gasteiger partial charge in [-0.25, -0.2) is 0 Å². The highest BCUT2D eigenvalue weighted by Gasteiger charge is 1.89. The van der Waals surface area contributed by atoms with Crippen LogP contribution in [-0.2, 0) is 4.79 Å². The first-order valence-corrected chi connectivity index (χ1v) is 3.71. The van der Waals surface area contributed by atoms with Crippen LogP contribution < -0.4 is 5.32 Å². The van der Waals surface area contributed by atoms with Crippen LogP contribution in [0.25, 0.3) is 0 Å². The summed E-state index contributed by atoms with van der Waals surface area (Å²) in [5.41, 5.74) is 0. The van der Waals surface area contributed by atoms with E-state index >= 15 is 0 Å². The van der Waals surface area contributed by atoms with Crippen molar-refractivity contribution in [3.63, 3.8) is 0 Å². The van der Waals surface area contributed by atoms with Crippen LogP contribution in [0.5, 0.6) is 0 Å². The Morgan fingerprint density at radius 3 is 3.00 bits per heavy atom. The zero-order valence-corrected chi connectivity index (χ0v) is 6.33. The van der Waals surface area contributed by atoms with Gasteiger partial charge in [0.25, 0.3) is 0 Å². The Hall–Kier alpha value is -0.280. The molecule has 0 bridgehead atoms. The molecule has 0 saturated heterocycles. The Morgan fingerprint density at radius 2 is 2.56 bits per heavy atom. The van der Waals surface area contributed by atoms with Crippen LogP contribution in [0.2, 0.25) is 0 Å². The lowest BCUT2D eigenvalue weighted by atomic mass is 10.7. The quantitative estimate of drug-likeness (QED) is 0.350. The third-order valence-electron chi connectivity index (χ3n) is 0.771. The van der Waals surface area contributed by atoms with Gasteiger partial charge in [0, 0.05) is 17.2 Å². The lowest BCUT2D eigenvalue weighted by molar-refractivity contribution is -0.104. The minimum Gasteiger partial charge on any atom is -0.319 e. The van der Waals surface area contributed by atoms with Crippen LogP contribution in [0.1, 0.15) is 0 Å². The molecule has 0 radical (unpaired) electrons. The number of hydrogen-bond acceptors (Lipinski definition) is 3. The van der Waals surface area contributed by atoms with Crippen molar-refractivity contribution in [2.75, 3.05) is 19.3 Å². The summed E-state index contributed by atoms with van der Waals surface area (Å²) >= 11 is 1.48. The molecule has 0 atom stereocenters. The molecule has 0 aliphatic rings. The first kappa shape index (κ1) is 8.72. The van der Waals surface area contributed by atoms with E-state index in [1.165, 1.54) is 11.8 Å². The van der Waals surface area contributed by atoms with E-state index in [0.29, 0.717) is 4.91 Å². The number of thioether (sulfide) groups is 1. The molecule has 0 aromatic carbocycles. The molecule has 0 rings (SSSR count). The van der Waals surface area contributed by atoms with E-state index in [4.69, 9.17) is 0 Å². The number of carbonyl (C=O) groups excluding carboxylic acids is 1. The van der Waals surface area contributed by atoms with Gasteiger partial charge in [0.1, 0.15) is 0 Å². The highest BCUT2D eigenvalue weighted by Crippen LogP contribution is 2.07. The molecular weight excluding hydrogens is 134 g/mol. The maximum atomic E-state index is 9.96. The van der Waals surface area contributed by atoms with Gasteiger partial charge in [0.2, 0.25) is 0 Å². The topological polar surface area (TPSA) is 29.1 Å². The van der Waals surface area contributed by atoms with E-state index in [0.717, 1.165) is 18.6 Å². The summed E-state index contributed by atoms with van der Waals surface area (Å²) in [4.78, 5) is 10.6. The summed E-state index contributed by atoms with van der Waals surface area (Å²) in [6.45, 7) is 4.43. The fourth-order valence-corrected chi connectivity index (χ4v) is 0.955. The fraction of sp³-hybridized carbons (Fsp3) is 0.500. The van der Waals surface area contributed by atoms with E-state index in [2.05, 4.69) is 11.9 Å². The molecule has 3 heteroatoms. The van der Waals surface area contributed by atoms with Crippen LogP contribution >= 0.6 is 11.8 Å². The maximum Gasteiger partial charge on any atom is 0.155 e. The van der Waals surface area contributed by atoms with Crippen LogP contribution in [0.3, 0.4) is 0 Å². The van der Waals surface area contributed by atoms with E-state index in [1.807, 2.05) is 7.05 Å². The molecule has 2 nitrogen and oxygen atoms in total. The molecule has 0 fully saturated rings. The molecule has 0 saturated carbocycles. The third-order valence-corrected chi connectivity index (χ3v) is 1.65.